The summed E-state index contributed by atoms with van der Waals surface area (Å²) < 4.78 is 7.77. The number of rotatable bonds is 10. The third-order valence-corrected chi connectivity index (χ3v) is 6.21. The van der Waals surface area contributed by atoms with Crippen LogP contribution in [0.5, 0.6) is 5.75 Å². The maximum atomic E-state index is 12.7. The number of likely N-dealkylation sites (N-methyl/N-ethyl adjacent to an activating group) is 2. The van der Waals surface area contributed by atoms with Crippen molar-refractivity contribution < 1.29 is 9.53 Å². The molecule has 0 aliphatic heterocycles. The van der Waals surface area contributed by atoms with Crippen LogP contribution < -0.4 is 25.6 Å². The van der Waals surface area contributed by atoms with Crippen LogP contribution in [0.25, 0.3) is 16.9 Å². The molecule has 11 heteroatoms. The summed E-state index contributed by atoms with van der Waals surface area (Å²) in [7, 11) is 9.25. The minimum atomic E-state index is -0.399. The Morgan fingerprint density at radius 2 is 1.93 bits per heavy atom. The van der Waals surface area contributed by atoms with E-state index in [1.165, 1.54) is 0 Å². The molecule has 4 aromatic rings. The molecule has 208 valence electrons. The second-order valence-electron chi connectivity index (χ2n) is 9.47. The summed E-state index contributed by atoms with van der Waals surface area (Å²) in [6.07, 6.45) is 5.38. The van der Waals surface area contributed by atoms with E-state index in [4.69, 9.17) is 9.72 Å². The number of nitrogens with one attached hydrogen (secondary N) is 3. The Balaban J connectivity index is 1.68. The number of carbonyl (C=O) groups excluding carboxylic acids is 1. The monoisotopic (exact) mass is 541 g/mol. The normalized spacial score (nSPS) is 10.8. The van der Waals surface area contributed by atoms with E-state index in [-0.39, 0.29) is 0 Å². The first kappa shape index (κ1) is 28.4. The maximum Gasteiger partial charge on any atom is 0.300 e. The fourth-order valence-corrected chi connectivity index (χ4v) is 4.16. The second kappa shape index (κ2) is 12.9. The number of hydrogen-bond donors (Lipinski definition) is 3. The first-order chi connectivity index (χ1) is 19.3. The van der Waals surface area contributed by atoms with Crippen molar-refractivity contribution >= 4 is 34.4 Å². The van der Waals surface area contributed by atoms with Crippen molar-refractivity contribution in [1.82, 2.24) is 29.6 Å². The molecular weight excluding hydrogens is 506 g/mol. The number of aromatic nitrogens is 4. The standard InChI is InChI=1S/C29H35N9O2/c1-20-24-9-10-25(38(24)17-14-31-20)21-11-12-32-29(34-21)35-23-18-22(33-28(39)8-7-15-36(3)4)26(19-27(23)40-6)37(5)16-13-30-2/h9-12,14,17-19,30H,13,15-16H2,1-6H3,(H,33,39)(H,32,34,35). The lowest BCUT2D eigenvalue weighted by Gasteiger charge is -2.24. The van der Waals surface area contributed by atoms with Gasteiger partial charge in [-0.3, -0.25) is 14.7 Å². The second-order valence-corrected chi connectivity index (χ2v) is 9.47. The highest BCUT2D eigenvalue weighted by Crippen LogP contribution is 2.38. The summed E-state index contributed by atoms with van der Waals surface area (Å²) in [6.45, 7) is 3.94. The number of anilines is 4. The molecule has 0 atom stereocenters. The van der Waals surface area contributed by atoms with Gasteiger partial charge in [-0.05, 0) is 58.3 Å². The average molecular weight is 542 g/mol. The molecule has 3 heterocycles. The van der Waals surface area contributed by atoms with E-state index in [0.717, 1.165) is 34.8 Å². The molecule has 0 aliphatic carbocycles. The van der Waals surface area contributed by atoms with Gasteiger partial charge < -0.3 is 30.0 Å². The lowest BCUT2D eigenvalue weighted by molar-refractivity contribution is -0.111. The summed E-state index contributed by atoms with van der Waals surface area (Å²) in [6, 6.07) is 9.58. The molecule has 0 saturated heterocycles. The molecule has 0 unspecified atom stereocenters. The number of ether oxygens (including phenoxy) is 1. The van der Waals surface area contributed by atoms with Crippen molar-refractivity contribution in [2.75, 3.05) is 70.5 Å². The van der Waals surface area contributed by atoms with Gasteiger partial charge in [0.25, 0.3) is 5.91 Å². The summed E-state index contributed by atoms with van der Waals surface area (Å²) in [5.41, 5.74) is 5.59. The van der Waals surface area contributed by atoms with Crippen LogP contribution in [-0.2, 0) is 4.79 Å². The molecule has 0 spiro atoms. The van der Waals surface area contributed by atoms with Gasteiger partial charge >= 0.3 is 0 Å². The summed E-state index contributed by atoms with van der Waals surface area (Å²) in [4.78, 5) is 30.2. The number of aryl methyl sites for hydroxylation is 1. The third kappa shape index (κ3) is 6.66. The Labute approximate surface area is 234 Å². The number of carbonyl (C=O) groups is 1. The van der Waals surface area contributed by atoms with Gasteiger partial charge in [0.05, 0.1) is 53.3 Å². The van der Waals surface area contributed by atoms with Crippen LogP contribution >= 0.6 is 0 Å². The van der Waals surface area contributed by atoms with Gasteiger partial charge in [-0.2, -0.15) is 0 Å². The van der Waals surface area contributed by atoms with Crippen LogP contribution in [0.3, 0.4) is 0 Å². The molecule has 0 aliphatic rings. The van der Waals surface area contributed by atoms with E-state index in [0.29, 0.717) is 36.2 Å². The Morgan fingerprint density at radius 3 is 2.67 bits per heavy atom. The molecule has 0 bridgehead atoms. The van der Waals surface area contributed by atoms with Crippen LogP contribution in [0.15, 0.2) is 48.9 Å². The number of fused-ring (bicyclic) bond motifs is 1. The number of nitrogens with zero attached hydrogens (tertiary/aromatic N) is 6. The van der Waals surface area contributed by atoms with Crippen molar-refractivity contribution in [2.24, 2.45) is 0 Å². The number of hydrogen-bond acceptors (Lipinski definition) is 9. The van der Waals surface area contributed by atoms with Gasteiger partial charge in [0.15, 0.2) is 0 Å². The zero-order valence-corrected chi connectivity index (χ0v) is 23.7. The lowest BCUT2D eigenvalue weighted by Crippen LogP contribution is -2.28. The molecule has 4 rings (SSSR count). The average Bonchev–Trinajstić information content (AvgIpc) is 3.37. The van der Waals surface area contributed by atoms with Crippen LogP contribution in [0.2, 0.25) is 0 Å². The molecule has 0 radical (unpaired) electrons. The van der Waals surface area contributed by atoms with E-state index in [2.05, 4.69) is 42.2 Å². The minimum Gasteiger partial charge on any atom is -0.494 e. The Hall–Kier alpha value is -4.66. The highest BCUT2D eigenvalue weighted by Gasteiger charge is 2.17. The maximum absolute atomic E-state index is 12.7. The number of benzene rings is 1. The van der Waals surface area contributed by atoms with E-state index in [1.54, 1.807) is 19.5 Å². The van der Waals surface area contributed by atoms with Crippen molar-refractivity contribution in [1.29, 1.82) is 0 Å². The van der Waals surface area contributed by atoms with Crippen molar-refractivity contribution in [3.05, 3.63) is 54.6 Å². The van der Waals surface area contributed by atoms with Gasteiger partial charge in [0.2, 0.25) is 5.95 Å². The van der Waals surface area contributed by atoms with Crippen molar-refractivity contribution in [3.63, 3.8) is 0 Å². The zero-order valence-electron chi connectivity index (χ0n) is 23.7. The predicted octanol–water partition coefficient (Wildman–Crippen LogP) is 3.01. The van der Waals surface area contributed by atoms with Crippen LogP contribution in [0, 0.1) is 18.8 Å². The molecular formula is C29H35N9O2. The highest BCUT2D eigenvalue weighted by molar-refractivity contribution is 6.06. The molecule has 1 aromatic carbocycles. The molecule has 3 N–H and O–H groups in total. The summed E-state index contributed by atoms with van der Waals surface area (Å²) in [5.74, 6) is 6.09. The predicted molar refractivity (Wildman–Crippen MR) is 159 cm³/mol. The topological polar surface area (TPSA) is 112 Å². The van der Waals surface area contributed by atoms with E-state index < -0.39 is 5.91 Å². The quantitative estimate of drug-likeness (QED) is 0.261. The Bertz CT molecular complexity index is 1550. The zero-order chi connectivity index (χ0) is 28.6. The fourth-order valence-electron chi connectivity index (χ4n) is 4.16. The molecule has 1 amide bonds. The van der Waals surface area contributed by atoms with Gasteiger partial charge in [-0.25, -0.2) is 9.97 Å². The first-order valence-electron chi connectivity index (χ1n) is 12.9. The fraction of sp³-hybridized carbons (Fsp3) is 0.310. The number of amides is 1. The molecule has 40 heavy (non-hydrogen) atoms. The van der Waals surface area contributed by atoms with E-state index in [1.807, 2.05) is 81.4 Å². The lowest BCUT2D eigenvalue weighted by atomic mass is 10.2. The molecule has 0 saturated carbocycles. The summed E-state index contributed by atoms with van der Waals surface area (Å²) >= 11 is 0. The van der Waals surface area contributed by atoms with Crippen LogP contribution in [0.1, 0.15) is 5.69 Å². The van der Waals surface area contributed by atoms with Gasteiger partial charge in [0, 0.05) is 44.8 Å². The van der Waals surface area contributed by atoms with Crippen LogP contribution in [0.4, 0.5) is 23.0 Å². The summed E-state index contributed by atoms with van der Waals surface area (Å²) in [5, 5.41) is 9.36. The minimum absolute atomic E-state index is 0.385. The van der Waals surface area contributed by atoms with Gasteiger partial charge in [0.1, 0.15) is 5.75 Å². The van der Waals surface area contributed by atoms with E-state index in [9.17, 15) is 4.79 Å². The Morgan fingerprint density at radius 1 is 1.10 bits per heavy atom. The first-order valence-corrected chi connectivity index (χ1v) is 12.9. The largest absolute Gasteiger partial charge is 0.494 e. The molecule has 0 fully saturated rings. The van der Waals surface area contributed by atoms with Crippen LogP contribution in [-0.4, -0.2) is 85.1 Å². The van der Waals surface area contributed by atoms with E-state index >= 15 is 0 Å². The van der Waals surface area contributed by atoms with Gasteiger partial charge in [-0.15, -0.1) is 0 Å². The van der Waals surface area contributed by atoms with Crippen molar-refractivity contribution in [3.8, 4) is 29.0 Å². The van der Waals surface area contributed by atoms with Crippen molar-refractivity contribution in [2.45, 2.75) is 6.92 Å². The molecule has 3 aromatic heterocycles. The SMILES string of the molecule is CNCCN(C)c1cc(OC)c(Nc2nccc(-c3ccc4c(C)nccn34)n2)cc1NC(=O)C#CCN(C)C. The Kier molecular flexibility index (Phi) is 9.16. The third-order valence-electron chi connectivity index (χ3n) is 6.21. The number of methoxy groups -OCH3 is 1. The van der Waals surface area contributed by atoms with Gasteiger partial charge in [-0.1, -0.05) is 5.92 Å². The highest BCUT2D eigenvalue weighted by atomic mass is 16.5. The molecule has 11 nitrogen and oxygen atoms in total. The smallest absolute Gasteiger partial charge is 0.300 e.